The number of aliphatic hydroxyl groups is 1. The Morgan fingerprint density at radius 3 is 2.83 bits per heavy atom. The van der Waals surface area contributed by atoms with Crippen LogP contribution in [0.15, 0.2) is 36.7 Å². The van der Waals surface area contributed by atoms with E-state index in [9.17, 15) is 0 Å². The average Bonchev–Trinajstić information content (AvgIpc) is 2.41. The molecule has 18 heavy (non-hydrogen) atoms. The first-order chi connectivity index (χ1) is 8.83. The summed E-state index contributed by atoms with van der Waals surface area (Å²) in [5, 5.41) is 9.01. The third-order valence-electron chi connectivity index (χ3n) is 2.63. The van der Waals surface area contributed by atoms with Gasteiger partial charge in [0.2, 0.25) is 5.88 Å². The fourth-order valence-corrected chi connectivity index (χ4v) is 1.67. The van der Waals surface area contributed by atoms with Gasteiger partial charge in [-0.1, -0.05) is 25.1 Å². The van der Waals surface area contributed by atoms with Crippen LogP contribution in [-0.2, 0) is 12.8 Å². The Hall–Kier alpha value is -1.94. The smallest absolute Gasteiger partial charge is 0.222 e. The van der Waals surface area contributed by atoms with Gasteiger partial charge in [0.25, 0.3) is 0 Å². The van der Waals surface area contributed by atoms with Crippen LogP contribution in [0.3, 0.4) is 0 Å². The van der Waals surface area contributed by atoms with Crippen molar-refractivity contribution >= 4 is 0 Å². The van der Waals surface area contributed by atoms with Gasteiger partial charge >= 0.3 is 0 Å². The molecular formula is C14H16N2O2. The third kappa shape index (κ3) is 3.05. The van der Waals surface area contributed by atoms with Crippen molar-refractivity contribution in [3.05, 3.63) is 47.9 Å². The second-order valence-electron chi connectivity index (χ2n) is 3.88. The molecule has 0 saturated carbocycles. The van der Waals surface area contributed by atoms with E-state index in [1.165, 1.54) is 6.33 Å². The van der Waals surface area contributed by atoms with E-state index < -0.39 is 0 Å². The van der Waals surface area contributed by atoms with Crippen LogP contribution >= 0.6 is 0 Å². The zero-order valence-electron chi connectivity index (χ0n) is 10.3. The van der Waals surface area contributed by atoms with E-state index >= 15 is 0 Å². The van der Waals surface area contributed by atoms with Crippen molar-refractivity contribution in [2.45, 2.75) is 19.8 Å². The molecule has 0 aliphatic carbocycles. The number of ether oxygens (including phenoxy) is 1. The molecule has 1 heterocycles. The standard InChI is InChI=1S/C14H16N2O2/c1-2-12-9-14(16-10-15-12)18-13-6-4-3-5-11(13)7-8-17/h3-6,9-10,17H,2,7-8H2,1H3. The molecule has 0 fully saturated rings. The molecule has 2 aromatic rings. The summed E-state index contributed by atoms with van der Waals surface area (Å²) >= 11 is 0. The lowest BCUT2D eigenvalue weighted by atomic mass is 10.1. The molecule has 0 spiro atoms. The van der Waals surface area contributed by atoms with Gasteiger partial charge in [0, 0.05) is 18.4 Å². The molecule has 2 rings (SSSR count). The first-order valence-electron chi connectivity index (χ1n) is 6.01. The number of benzene rings is 1. The third-order valence-corrected chi connectivity index (χ3v) is 2.63. The van der Waals surface area contributed by atoms with E-state index in [1.54, 1.807) is 0 Å². The summed E-state index contributed by atoms with van der Waals surface area (Å²) in [6.07, 6.45) is 2.92. The minimum atomic E-state index is 0.102. The van der Waals surface area contributed by atoms with Gasteiger partial charge < -0.3 is 9.84 Å². The summed E-state index contributed by atoms with van der Waals surface area (Å²) in [6, 6.07) is 9.47. The molecule has 0 atom stereocenters. The van der Waals surface area contributed by atoms with Gasteiger partial charge in [0.1, 0.15) is 12.1 Å². The van der Waals surface area contributed by atoms with Crippen LogP contribution in [-0.4, -0.2) is 21.7 Å². The Morgan fingerprint density at radius 1 is 1.22 bits per heavy atom. The van der Waals surface area contributed by atoms with Gasteiger partial charge in [-0.25, -0.2) is 9.97 Å². The van der Waals surface area contributed by atoms with Gasteiger partial charge in [-0.15, -0.1) is 0 Å². The zero-order valence-corrected chi connectivity index (χ0v) is 10.3. The number of nitrogens with zero attached hydrogens (tertiary/aromatic N) is 2. The monoisotopic (exact) mass is 244 g/mol. The van der Waals surface area contributed by atoms with Crippen LogP contribution < -0.4 is 4.74 Å². The van der Waals surface area contributed by atoms with E-state index in [2.05, 4.69) is 9.97 Å². The van der Waals surface area contributed by atoms with Crippen molar-refractivity contribution < 1.29 is 9.84 Å². The molecule has 4 nitrogen and oxygen atoms in total. The largest absolute Gasteiger partial charge is 0.439 e. The summed E-state index contributed by atoms with van der Waals surface area (Å²) in [6.45, 7) is 2.14. The maximum absolute atomic E-state index is 9.01. The molecule has 0 saturated heterocycles. The highest BCUT2D eigenvalue weighted by Crippen LogP contribution is 2.24. The lowest BCUT2D eigenvalue weighted by Gasteiger charge is -2.09. The van der Waals surface area contributed by atoms with Crippen molar-refractivity contribution in [2.75, 3.05) is 6.61 Å². The first kappa shape index (κ1) is 12.5. The lowest BCUT2D eigenvalue weighted by Crippen LogP contribution is -1.97. The number of hydrogen-bond donors (Lipinski definition) is 1. The van der Waals surface area contributed by atoms with Crippen LogP contribution in [0, 0.1) is 0 Å². The SMILES string of the molecule is CCc1cc(Oc2ccccc2CCO)ncn1. The maximum atomic E-state index is 9.01. The molecule has 0 aliphatic heterocycles. The lowest BCUT2D eigenvalue weighted by molar-refractivity contribution is 0.297. The van der Waals surface area contributed by atoms with Gasteiger partial charge in [-0.05, 0) is 24.5 Å². The molecule has 0 unspecified atom stereocenters. The molecule has 0 amide bonds. The van der Waals surface area contributed by atoms with Crippen LogP contribution in [0.25, 0.3) is 0 Å². The van der Waals surface area contributed by atoms with Crippen molar-refractivity contribution in [3.63, 3.8) is 0 Å². The van der Waals surface area contributed by atoms with E-state index in [1.807, 2.05) is 37.3 Å². The Labute approximate surface area is 106 Å². The van der Waals surface area contributed by atoms with Gasteiger partial charge in [0.05, 0.1) is 0 Å². The highest BCUT2D eigenvalue weighted by atomic mass is 16.5. The summed E-state index contributed by atoms with van der Waals surface area (Å²) in [5.74, 6) is 1.26. The van der Waals surface area contributed by atoms with Crippen LogP contribution in [0.5, 0.6) is 11.6 Å². The summed E-state index contributed by atoms with van der Waals surface area (Å²) in [5.41, 5.74) is 1.91. The normalized spacial score (nSPS) is 10.3. The highest BCUT2D eigenvalue weighted by molar-refractivity contribution is 5.36. The molecule has 1 aromatic carbocycles. The molecule has 0 radical (unpaired) electrons. The quantitative estimate of drug-likeness (QED) is 0.877. The summed E-state index contributed by atoms with van der Waals surface area (Å²) < 4.78 is 5.74. The van der Waals surface area contributed by atoms with Crippen molar-refractivity contribution in [2.24, 2.45) is 0 Å². The minimum Gasteiger partial charge on any atom is -0.439 e. The van der Waals surface area contributed by atoms with Crippen molar-refractivity contribution in [1.29, 1.82) is 0 Å². The second kappa shape index (κ2) is 6.12. The minimum absolute atomic E-state index is 0.102. The Morgan fingerprint density at radius 2 is 2.06 bits per heavy atom. The topological polar surface area (TPSA) is 55.2 Å². The fourth-order valence-electron chi connectivity index (χ4n) is 1.67. The molecule has 1 N–H and O–H groups in total. The Balaban J connectivity index is 2.22. The highest BCUT2D eigenvalue weighted by Gasteiger charge is 2.05. The number of aliphatic hydroxyl groups excluding tert-OH is 1. The second-order valence-corrected chi connectivity index (χ2v) is 3.88. The molecular weight excluding hydrogens is 228 g/mol. The number of aryl methyl sites for hydroxylation is 1. The predicted molar refractivity (Wildman–Crippen MR) is 68.7 cm³/mol. The van der Waals surface area contributed by atoms with Crippen molar-refractivity contribution in [1.82, 2.24) is 9.97 Å². The molecule has 0 bridgehead atoms. The summed E-state index contributed by atoms with van der Waals surface area (Å²) in [7, 11) is 0. The number of rotatable bonds is 5. The van der Waals surface area contributed by atoms with Crippen LogP contribution in [0.2, 0.25) is 0 Å². The van der Waals surface area contributed by atoms with Gasteiger partial charge in [-0.3, -0.25) is 0 Å². The van der Waals surface area contributed by atoms with E-state index in [0.717, 1.165) is 23.4 Å². The predicted octanol–water partition coefficient (Wildman–Crippen LogP) is 2.37. The summed E-state index contributed by atoms with van der Waals surface area (Å²) in [4.78, 5) is 8.22. The van der Waals surface area contributed by atoms with Gasteiger partial charge in [0.15, 0.2) is 0 Å². The average molecular weight is 244 g/mol. The van der Waals surface area contributed by atoms with E-state index in [4.69, 9.17) is 9.84 Å². The zero-order chi connectivity index (χ0) is 12.8. The Kier molecular flexibility index (Phi) is 4.25. The number of aromatic nitrogens is 2. The molecule has 4 heteroatoms. The maximum Gasteiger partial charge on any atom is 0.222 e. The first-order valence-corrected chi connectivity index (χ1v) is 6.01. The van der Waals surface area contributed by atoms with E-state index in [0.29, 0.717) is 12.3 Å². The van der Waals surface area contributed by atoms with E-state index in [-0.39, 0.29) is 6.61 Å². The number of para-hydroxylation sites is 1. The molecule has 1 aromatic heterocycles. The molecule has 94 valence electrons. The molecule has 0 aliphatic rings. The van der Waals surface area contributed by atoms with Gasteiger partial charge in [-0.2, -0.15) is 0 Å². The van der Waals surface area contributed by atoms with Crippen LogP contribution in [0.1, 0.15) is 18.2 Å². The fraction of sp³-hybridized carbons (Fsp3) is 0.286. The Bertz CT molecular complexity index is 515. The van der Waals surface area contributed by atoms with Crippen LogP contribution in [0.4, 0.5) is 0 Å². The number of hydrogen-bond acceptors (Lipinski definition) is 4. The van der Waals surface area contributed by atoms with Crippen molar-refractivity contribution in [3.8, 4) is 11.6 Å².